The largest absolute Gasteiger partial charge is 0.294 e. The van der Waals surface area contributed by atoms with Crippen LogP contribution in [0, 0.1) is 13.8 Å². The van der Waals surface area contributed by atoms with Crippen LogP contribution in [0.25, 0.3) is 21.0 Å². The van der Waals surface area contributed by atoms with Crippen LogP contribution in [0.3, 0.4) is 0 Å². The zero-order valence-corrected chi connectivity index (χ0v) is 16.4. The van der Waals surface area contributed by atoms with Gasteiger partial charge in [0.25, 0.3) is 10.1 Å². The lowest BCUT2D eigenvalue weighted by atomic mass is 10.1. The van der Waals surface area contributed by atoms with Crippen LogP contribution in [0.5, 0.6) is 0 Å². The highest BCUT2D eigenvalue weighted by Crippen LogP contribution is 2.27. The Hall–Kier alpha value is -2.28. The van der Waals surface area contributed by atoms with E-state index in [1.165, 1.54) is 38.1 Å². The van der Waals surface area contributed by atoms with Gasteiger partial charge in [0, 0.05) is 6.92 Å². The number of rotatable bonds is 1. The second-order valence-corrected chi connectivity index (χ2v) is 8.76. The Morgan fingerprint density at radius 1 is 0.923 bits per heavy atom. The molecule has 0 radical (unpaired) electrons. The van der Waals surface area contributed by atoms with Gasteiger partial charge in [-0.1, -0.05) is 53.3 Å². The highest BCUT2D eigenvalue weighted by molar-refractivity contribution is 7.85. The van der Waals surface area contributed by atoms with E-state index >= 15 is 0 Å². The van der Waals surface area contributed by atoms with Crippen molar-refractivity contribution in [1.82, 2.24) is 0 Å². The molecule has 134 valence electrons. The highest BCUT2D eigenvalue weighted by Gasteiger charge is 2.15. The summed E-state index contributed by atoms with van der Waals surface area (Å²) in [7, 11) is -1.88. The quantitative estimate of drug-likeness (QED) is 0.389. The molecule has 4 nitrogen and oxygen atoms in total. The molecule has 26 heavy (non-hydrogen) atoms. The summed E-state index contributed by atoms with van der Waals surface area (Å²) < 4.78 is 33.2. The van der Waals surface area contributed by atoms with Crippen LogP contribution in [0.15, 0.2) is 65.6 Å². The lowest BCUT2D eigenvalue weighted by Crippen LogP contribution is -2.28. The Kier molecular flexibility index (Phi) is 5.09. The molecule has 4 aromatic rings. The standard InChI is InChI=1S/C13H12NS.C7H8O3S/c1-9-14(2)13-11-6-4-3-5-10(11)7-8-12(13)15-9;1-6-2-4-7(5-3-6)11(8,9)10/h3-8H,1-2H3;2-5H,1H3,(H,8,9,10)/q+1;. The Morgan fingerprint density at radius 2 is 1.58 bits per heavy atom. The summed E-state index contributed by atoms with van der Waals surface area (Å²) in [5.41, 5.74) is 2.31. The fourth-order valence-corrected chi connectivity index (χ4v) is 4.26. The molecule has 1 N–H and O–H groups in total. The van der Waals surface area contributed by atoms with E-state index < -0.39 is 10.1 Å². The number of aryl methyl sites for hydroxylation is 3. The van der Waals surface area contributed by atoms with Gasteiger partial charge in [0.2, 0.25) is 10.5 Å². The van der Waals surface area contributed by atoms with E-state index in [0.29, 0.717) is 0 Å². The average molecular weight is 387 g/mol. The first-order valence-corrected chi connectivity index (χ1v) is 10.3. The van der Waals surface area contributed by atoms with E-state index in [0.717, 1.165) is 5.56 Å². The summed E-state index contributed by atoms with van der Waals surface area (Å²) >= 11 is 1.86. The molecule has 0 spiro atoms. The summed E-state index contributed by atoms with van der Waals surface area (Å²) in [6.07, 6.45) is 0. The molecule has 0 bridgehead atoms. The molecule has 3 aromatic carbocycles. The van der Waals surface area contributed by atoms with E-state index in [4.69, 9.17) is 4.55 Å². The SMILES string of the molecule is Cc1ccc(S(=O)(=O)O)cc1.Cc1sc2ccc3ccccc3c2[n+]1C. The van der Waals surface area contributed by atoms with Gasteiger partial charge >= 0.3 is 0 Å². The first-order valence-electron chi connectivity index (χ1n) is 8.08. The average Bonchev–Trinajstić information content (AvgIpc) is 2.90. The number of nitrogens with zero attached hydrogens (tertiary/aromatic N) is 1. The number of fused-ring (bicyclic) bond motifs is 3. The molecular formula is C20H20NO3S2+. The predicted octanol–water partition coefficient (Wildman–Crippen LogP) is 4.43. The van der Waals surface area contributed by atoms with Gasteiger partial charge in [-0.15, -0.1) is 0 Å². The van der Waals surface area contributed by atoms with Crippen LogP contribution in [0.1, 0.15) is 10.6 Å². The lowest BCUT2D eigenvalue weighted by Gasteiger charge is -1.95. The Labute approximate surface area is 157 Å². The minimum atomic E-state index is -4.02. The monoisotopic (exact) mass is 386 g/mol. The topological polar surface area (TPSA) is 58.3 Å². The molecule has 1 heterocycles. The molecule has 0 amide bonds. The van der Waals surface area contributed by atoms with Crippen molar-refractivity contribution in [3.63, 3.8) is 0 Å². The van der Waals surface area contributed by atoms with E-state index in [9.17, 15) is 8.42 Å². The number of thiazole rings is 1. The van der Waals surface area contributed by atoms with Crippen LogP contribution in [-0.2, 0) is 17.2 Å². The summed E-state index contributed by atoms with van der Waals surface area (Å²) in [6, 6.07) is 19.0. The van der Waals surface area contributed by atoms with Crippen LogP contribution < -0.4 is 4.57 Å². The molecule has 0 saturated heterocycles. The molecule has 0 aliphatic carbocycles. The van der Waals surface area contributed by atoms with Crippen molar-refractivity contribution >= 4 is 42.4 Å². The predicted molar refractivity (Wildman–Crippen MR) is 106 cm³/mol. The normalized spacial score (nSPS) is 11.4. The molecule has 6 heteroatoms. The zero-order valence-electron chi connectivity index (χ0n) is 14.8. The summed E-state index contributed by atoms with van der Waals surface area (Å²) in [6.45, 7) is 4.01. The maximum absolute atomic E-state index is 10.5. The first-order chi connectivity index (χ1) is 12.3. The van der Waals surface area contributed by atoms with Crippen molar-refractivity contribution < 1.29 is 17.5 Å². The van der Waals surface area contributed by atoms with E-state index in [-0.39, 0.29) is 4.90 Å². The number of benzene rings is 3. The van der Waals surface area contributed by atoms with Gasteiger partial charge in [0.05, 0.1) is 10.3 Å². The van der Waals surface area contributed by atoms with Crippen molar-refractivity contribution in [2.45, 2.75) is 18.7 Å². The Balaban J connectivity index is 0.000000160. The van der Waals surface area contributed by atoms with Crippen LogP contribution in [-0.4, -0.2) is 13.0 Å². The van der Waals surface area contributed by atoms with Gasteiger partial charge in [0.15, 0.2) is 0 Å². The molecule has 0 saturated carbocycles. The minimum Gasteiger partial charge on any atom is -0.282 e. The third-order valence-corrected chi connectivity index (χ3v) is 6.23. The zero-order chi connectivity index (χ0) is 18.9. The molecule has 0 aliphatic heterocycles. The maximum atomic E-state index is 10.5. The molecule has 0 unspecified atom stereocenters. The van der Waals surface area contributed by atoms with Crippen molar-refractivity contribution in [2.24, 2.45) is 7.05 Å². The number of aromatic nitrogens is 1. The number of hydrogen-bond donors (Lipinski definition) is 1. The molecule has 0 aliphatic rings. The van der Waals surface area contributed by atoms with Crippen molar-refractivity contribution in [3.8, 4) is 0 Å². The number of hydrogen-bond acceptors (Lipinski definition) is 3. The van der Waals surface area contributed by atoms with Crippen molar-refractivity contribution in [3.05, 3.63) is 71.2 Å². The van der Waals surface area contributed by atoms with Crippen molar-refractivity contribution in [1.29, 1.82) is 0 Å². The Morgan fingerprint density at radius 3 is 2.23 bits per heavy atom. The third-order valence-electron chi connectivity index (χ3n) is 4.25. The van der Waals surface area contributed by atoms with Crippen LogP contribution in [0.2, 0.25) is 0 Å². The summed E-state index contributed by atoms with van der Waals surface area (Å²) in [4.78, 5) is -0.0666. The lowest BCUT2D eigenvalue weighted by molar-refractivity contribution is -0.645. The van der Waals surface area contributed by atoms with E-state index in [1.807, 2.05) is 18.3 Å². The molecule has 0 fully saturated rings. The van der Waals surface area contributed by atoms with Crippen LogP contribution in [0.4, 0.5) is 0 Å². The van der Waals surface area contributed by atoms with Gasteiger partial charge in [0.1, 0.15) is 11.7 Å². The third kappa shape index (κ3) is 3.77. The Bertz CT molecular complexity index is 1180. The van der Waals surface area contributed by atoms with Gasteiger partial charge < -0.3 is 0 Å². The first kappa shape index (κ1) is 18.5. The molecule has 0 atom stereocenters. The summed E-state index contributed by atoms with van der Waals surface area (Å²) in [5.74, 6) is 0. The molecular weight excluding hydrogens is 366 g/mol. The minimum absolute atomic E-state index is 0.0666. The van der Waals surface area contributed by atoms with Gasteiger partial charge in [-0.3, -0.25) is 4.55 Å². The second-order valence-electron chi connectivity index (χ2n) is 6.10. The molecule has 4 rings (SSSR count). The van der Waals surface area contributed by atoms with E-state index in [2.05, 4.69) is 54.9 Å². The van der Waals surface area contributed by atoms with E-state index in [1.54, 1.807) is 12.1 Å². The summed E-state index contributed by atoms with van der Waals surface area (Å²) in [5, 5.41) is 4.02. The molecule has 1 aromatic heterocycles. The highest BCUT2D eigenvalue weighted by atomic mass is 32.2. The maximum Gasteiger partial charge on any atom is 0.294 e. The van der Waals surface area contributed by atoms with Crippen LogP contribution >= 0.6 is 11.3 Å². The van der Waals surface area contributed by atoms with Gasteiger partial charge in [-0.2, -0.15) is 13.0 Å². The second kappa shape index (κ2) is 7.15. The van der Waals surface area contributed by atoms with Gasteiger partial charge in [-0.25, -0.2) is 0 Å². The fraction of sp³-hybridized carbons (Fsp3) is 0.150. The van der Waals surface area contributed by atoms with Crippen molar-refractivity contribution in [2.75, 3.05) is 0 Å². The van der Waals surface area contributed by atoms with Gasteiger partial charge in [-0.05, 0) is 36.6 Å². The fourth-order valence-electron chi connectivity index (χ4n) is 2.76. The smallest absolute Gasteiger partial charge is 0.282 e.